The summed E-state index contributed by atoms with van der Waals surface area (Å²) in [4.78, 5) is 19.6. The minimum absolute atomic E-state index is 0.0904. The van der Waals surface area contributed by atoms with Crippen molar-refractivity contribution in [2.24, 2.45) is 11.8 Å². The minimum Gasteiger partial charge on any atom is -0.358 e. The van der Waals surface area contributed by atoms with Gasteiger partial charge in [0.2, 0.25) is 5.65 Å². The Balaban J connectivity index is 1.39. The number of nitro groups is 1. The standard InChI is InChI=1S/C19H28N6O2/c1-14(2)15-3-5-16(6-4-15)22-9-11-23(12-10-22)18-8-7-17-20-13-19(25(26)27)24(17)21-18/h7-8,13-16H,3-6,9-12H2,1-2H3. The van der Waals surface area contributed by atoms with Crippen molar-refractivity contribution in [3.05, 3.63) is 28.4 Å². The van der Waals surface area contributed by atoms with Crippen molar-refractivity contribution >= 4 is 17.3 Å². The number of rotatable bonds is 4. The number of piperazine rings is 1. The number of aromatic nitrogens is 3. The first-order valence-electron chi connectivity index (χ1n) is 10.0. The van der Waals surface area contributed by atoms with Crippen LogP contribution in [0.1, 0.15) is 39.5 Å². The molecule has 3 heterocycles. The summed E-state index contributed by atoms with van der Waals surface area (Å²) >= 11 is 0. The predicted octanol–water partition coefficient (Wildman–Crippen LogP) is 2.97. The monoisotopic (exact) mass is 372 g/mol. The maximum absolute atomic E-state index is 11.1. The smallest absolute Gasteiger partial charge is 0.358 e. The molecule has 0 atom stereocenters. The van der Waals surface area contributed by atoms with Gasteiger partial charge in [-0.25, -0.2) is 4.98 Å². The fraction of sp³-hybridized carbons (Fsp3) is 0.684. The highest BCUT2D eigenvalue weighted by molar-refractivity contribution is 5.49. The van der Waals surface area contributed by atoms with Gasteiger partial charge in [0.15, 0.2) is 5.82 Å². The zero-order chi connectivity index (χ0) is 19.0. The van der Waals surface area contributed by atoms with Crippen molar-refractivity contribution in [3.63, 3.8) is 0 Å². The van der Waals surface area contributed by atoms with Crippen LogP contribution in [0.4, 0.5) is 11.6 Å². The largest absolute Gasteiger partial charge is 0.368 e. The lowest BCUT2D eigenvalue weighted by molar-refractivity contribution is -0.391. The Morgan fingerprint density at radius 1 is 1.11 bits per heavy atom. The number of hydrogen-bond acceptors (Lipinski definition) is 6. The molecule has 1 aliphatic carbocycles. The SMILES string of the molecule is CC(C)C1CCC(N2CCN(c3ccc4ncc([N+](=O)[O-])n4n3)CC2)CC1. The highest BCUT2D eigenvalue weighted by Crippen LogP contribution is 2.32. The molecule has 2 aromatic heterocycles. The van der Waals surface area contributed by atoms with E-state index in [0.29, 0.717) is 11.7 Å². The molecule has 0 unspecified atom stereocenters. The molecule has 2 fully saturated rings. The molecule has 27 heavy (non-hydrogen) atoms. The average molecular weight is 372 g/mol. The fourth-order valence-electron chi connectivity index (χ4n) is 4.59. The molecule has 2 aromatic rings. The van der Waals surface area contributed by atoms with E-state index >= 15 is 0 Å². The first-order valence-corrected chi connectivity index (χ1v) is 10.0. The van der Waals surface area contributed by atoms with Gasteiger partial charge in [-0.2, -0.15) is 0 Å². The molecule has 2 aliphatic rings. The van der Waals surface area contributed by atoms with E-state index in [0.717, 1.165) is 43.8 Å². The third kappa shape index (κ3) is 3.63. The molecule has 1 saturated carbocycles. The van der Waals surface area contributed by atoms with E-state index in [2.05, 4.69) is 33.7 Å². The van der Waals surface area contributed by atoms with Crippen molar-refractivity contribution in [2.45, 2.75) is 45.6 Å². The summed E-state index contributed by atoms with van der Waals surface area (Å²) in [5.74, 6) is 2.39. The van der Waals surface area contributed by atoms with E-state index in [1.807, 2.05) is 6.07 Å². The number of nitrogens with zero attached hydrogens (tertiary/aromatic N) is 6. The van der Waals surface area contributed by atoms with Crippen LogP contribution < -0.4 is 4.90 Å². The number of anilines is 1. The lowest BCUT2D eigenvalue weighted by Crippen LogP contribution is -2.51. The summed E-state index contributed by atoms with van der Waals surface area (Å²) < 4.78 is 1.33. The molecule has 0 N–H and O–H groups in total. The summed E-state index contributed by atoms with van der Waals surface area (Å²) in [5, 5.41) is 15.6. The minimum atomic E-state index is -0.442. The Labute approximate surface area is 159 Å². The van der Waals surface area contributed by atoms with Gasteiger partial charge in [-0.15, -0.1) is 0 Å². The fourth-order valence-corrected chi connectivity index (χ4v) is 4.59. The van der Waals surface area contributed by atoms with Gasteiger partial charge in [-0.3, -0.25) is 4.90 Å². The Kier molecular flexibility index (Phi) is 4.99. The zero-order valence-electron chi connectivity index (χ0n) is 16.1. The van der Waals surface area contributed by atoms with Gasteiger partial charge in [0, 0.05) is 38.3 Å². The quantitative estimate of drug-likeness (QED) is 0.606. The van der Waals surface area contributed by atoms with Crippen LogP contribution in [0.25, 0.3) is 5.65 Å². The Morgan fingerprint density at radius 3 is 2.44 bits per heavy atom. The molecular weight excluding hydrogens is 344 g/mol. The first kappa shape index (κ1) is 18.2. The molecule has 1 saturated heterocycles. The average Bonchev–Trinajstić information content (AvgIpc) is 3.12. The summed E-state index contributed by atoms with van der Waals surface area (Å²) in [7, 11) is 0. The van der Waals surface area contributed by atoms with Crippen LogP contribution in [-0.4, -0.2) is 56.6 Å². The van der Waals surface area contributed by atoms with Crippen molar-refractivity contribution in [3.8, 4) is 0 Å². The molecule has 1 aliphatic heterocycles. The molecule has 4 rings (SSSR count). The van der Waals surface area contributed by atoms with Gasteiger partial charge >= 0.3 is 5.82 Å². The van der Waals surface area contributed by atoms with Crippen molar-refractivity contribution < 1.29 is 4.92 Å². The van der Waals surface area contributed by atoms with Crippen molar-refractivity contribution in [2.75, 3.05) is 31.1 Å². The summed E-state index contributed by atoms with van der Waals surface area (Å²) in [6.45, 7) is 8.57. The van der Waals surface area contributed by atoms with Crippen molar-refractivity contribution in [1.82, 2.24) is 19.5 Å². The van der Waals surface area contributed by atoms with Crippen LogP contribution in [0.3, 0.4) is 0 Å². The van der Waals surface area contributed by atoms with E-state index in [9.17, 15) is 10.1 Å². The van der Waals surface area contributed by atoms with Gasteiger partial charge in [0.1, 0.15) is 6.20 Å². The maximum Gasteiger partial charge on any atom is 0.368 e. The number of fused-ring (bicyclic) bond motifs is 1. The lowest BCUT2D eigenvalue weighted by atomic mass is 9.79. The third-order valence-corrected chi connectivity index (χ3v) is 6.36. The van der Waals surface area contributed by atoms with E-state index in [-0.39, 0.29) is 5.82 Å². The third-order valence-electron chi connectivity index (χ3n) is 6.36. The topological polar surface area (TPSA) is 79.8 Å². The highest BCUT2D eigenvalue weighted by atomic mass is 16.6. The second kappa shape index (κ2) is 7.42. The second-order valence-corrected chi connectivity index (χ2v) is 8.17. The van der Waals surface area contributed by atoms with Crippen LogP contribution >= 0.6 is 0 Å². The normalized spacial score (nSPS) is 24.6. The van der Waals surface area contributed by atoms with Crippen LogP contribution in [0.2, 0.25) is 0 Å². The van der Waals surface area contributed by atoms with Gasteiger partial charge in [0.25, 0.3) is 0 Å². The van der Waals surface area contributed by atoms with Gasteiger partial charge < -0.3 is 15.0 Å². The molecule has 0 aromatic carbocycles. The Hall–Kier alpha value is -2.22. The Morgan fingerprint density at radius 2 is 1.81 bits per heavy atom. The Bertz CT molecular complexity index is 804. The first-order chi connectivity index (χ1) is 13.0. The summed E-state index contributed by atoms with van der Waals surface area (Å²) in [5.41, 5.74) is 0.506. The summed E-state index contributed by atoms with van der Waals surface area (Å²) in [6.07, 6.45) is 6.59. The van der Waals surface area contributed by atoms with Crippen LogP contribution in [0, 0.1) is 22.0 Å². The highest BCUT2D eigenvalue weighted by Gasteiger charge is 2.30. The van der Waals surface area contributed by atoms with Crippen LogP contribution in [-0.2, 0) is 0 Å². The predicted molar refractivity (Wildman–Crippen MR) is 104 cm³/mol. The summed E-state index contributed by atoms with van der Waals surface area (Å²) in [6, 6.07) is 4.43. The molecule has 0 amide bonds. The van der Waals surface area contributed by atoms with Crippen LogP contribution in [0.5, 0.6) is 0 Å². The van der Waals surface area contributed by atoms with E-state index in [1.165, 1.54) is 36.4 Å². The van der Waals surface area contributed by atoms with Gasteiger partial charge in [0.05, 0.1) is 0 Å². The van der Waals surface area contributed by atoms with Crippen molar-refractivity contribution in [1.29, 1.82) is 0 Å². The number of imidazole rings is 1. The number of hydrogen-bond donors (Lipinski definition) is 0. The lowest BCUT2D eigenvalue weighted by Gasteiger charge is -2.42. The van der Waals surface area contributed by atoms with Gasteiger partial charge in [-0.05, 0) is 48.5 Å². The molecule has 0 spiro atoms. The van der Waals surface area contributed by atoms with E-state index < -0.39 is 4.92 Å². The molecule has 8 nitrogen and oxygen atoms in total. The van der Waals surface area contributed by atoms with Gasteiger partial charge in [-0.1, -0.05) is 23.5 Å². The molecule has 8 heteroatoms. The van der Waals surface area contributed by atoms with Crippen LogP contribution in [0.15, 0.2) is 18.3 Å². The van der Waals surface area contributed by atoms with E-state index in [1.54, 1.807) is 6.07 Å². The molecular formula is C19H28N6O2. The zero-order valence-corrected chi connectivity index (χ0v) is 16.1. The second-order valence-electron chi connectivity index (χ2n) is 8.17. The molecule has 146 valence electrons. The maximum atomic E-state index is 11.1. The van der Waals surface area contributed by atoms with E-state index in [4.69, 9.17) is 0 Å². The molecule has 0 radical (unpaired) electrons. The molecule has 0 bridgehead atoms.